The van der Waals surface area contributed by atoms with E-state index in [2.05, 4.69) is 4.98 Å². The number of hydrogen-bond donors (Lipinski definition) is 1. The summed E-state index contributed by atoms with van der Waals surface area (Å²) in [6.45, 7) is 1.39. The van der Waals surface area contributed by atoms with Crippen LogP contribution in [0.4, 0.5) is 5.82 Å². The molecule has 0 aromatic carbocycles. The largest absolute Gasteiger partial charge is 0.382 e. The Balaban J connectivity index is 2.11. The maximum absolute atomic E-state index is 12.3. The highest BCUT2D eigenvalue weighted by Crippen LogP contribution is 2.20. The molecule has 18 heavy (non-hydrogen) atoms. The smallest absolute Gasteiger partial charge is 0.255 e. The van der Waals surface area contributed by atoms with E-state index in [1.807, 2.05) is 0 Å². The molecule has 6 heteroatoms. The van der Waals surface area contributed by atoms with Gasteiger partial charge in [-0.25, -0.2) is 4.98 Å². The van der Waals surface area contributed by atoms with Crippen LogP contribution in [0.2, 0.25) is 5.02 Å². The van der Waals surface area contributed by atoms with E-state index in [4.69, 9.17) is 22.1 Å². The SMILES string of the molecule is CN(C(=O)c1cnc(N)c(Cl)c1)C1CCOCC1. The number of nitrogen functional groups attached to an aromatic ring is 1. The highest BCUT2D eigenvalue weighted by molar-refractivity contribution is 6.33. The average molecular weight is 270 g/mol. The molecule has 0 aliphatic carbocycles. The van der Waals surface area contributed by atoms with Gasteiger partial charge in [-0.1, -0.05) is 11.6 Å². The molecule has 1 aliphatic rings. The Morgan fingerprint density at radius 1 is 1.56 bits per heavy atom. The fourth-order valence-corrected chi connectivity index (χ4v) is 2.17. The molecule has 1 fully saturated rings. The van der Waals surface area contributed by atoms with Crippen molar-refractivity contribution in [1.29, 1.82) is 0 Å². The number of nitrogens with zero attached hydrogens (tertiary/aromatic N) is 2. The van der Waals surface area contributed by atoms with Crippen LogP contribution in [-0.2, 0) is 4.74 Å². The van der Waals surface area contributed by atoms with Gasteiger partial charge in [-0.05, 0) is 18.9 Å². The monoisotopic (exact) mass is 269 g/mol. The van der Waals surface area contributed by atoms with Crippen LogP contribution >= 0.6 is 11.6 Å². The van der Waals surface area contributed by atoms with Gasteiger partial charge in [-0.2, -0.15) is 0 Å². The van der Waals surface area contributed by atoms with E-state index >= 15 is 0 Å². The molecule has 1 amide bonds. The van der Waals surface area contributed by atoms with Crippen molar-refractivity contribution < 1.29 is 9.53 Å². The first-order valence-electron chi connectivity index (χ1n) is 5.85. The Hall–Kier alpha value is -1.33. The fraction of sp³-hybridized carbons (Fsp3) is 0.500. The summed E-state index contributed by atoms with van der Waals surface area (Å²) in [4.78, 5) is 17.9. The van der Waals surface area contributed by atoms with Crippen molar-refractivity contribution in [2.24, 2.45) is 0 Å². The molecule has 0 radical (unpaired) electrons. The topological polar surface area (TPSA) is 68.5 Å². The zero-order valence-corrected chi connectivity index (χ0v) is 11.0. The second kappa shape index (κ2) is 5.54. The highest BCUT2D eigenvalue weighted by atomic mass is 35.5. The molecule has 2 rings (SSSR count). The van der Waals surface area contributed by atoms with Gasteiger partial charge in [-0.3, -0.25) is 4.79 Å². The van der Waals surface area contributed by atoms with E-state index in [9.17, 15) is 4.79 Å². The summed E-state index contributed by atoms with van der Waals surface area (Å²) < 4.78 is 5.28. The summed E-state index contributed by atoms with van der Waals surface area (Å²) in [7, 11) is 1.79. The zero-order chi connectivity index (χ0) is 13.1. The number of halogens is 1. The third-order valence-electron chi connectivity index (χ3n) is 3.18. The zero-order valence-electron chi connectivity index (χ0n) is 10.2. The van der Waals surface area contributed by atoms with Crippen molar-refractivity contribution in [2.75, 3.05) is 26.0 Å². The van der Waals surface area contributed by atoms with Gasteiger partial charge in [0.25, 0.3) is 5.91 Å². The number of pyridine rings is 1. The quantitative estimate of drug-likeness (QED) is 0.885. The first-order valence-corrected chi connectivity index (χ1v) is 6.23. The third-order valence-corrected chi connectivity index (χ3v) is 3.48. The summed E-state index contributed by atoms with van der Waals surface area (Å²) in [6, 6.07) is 1.77. The van der Waals surface area contributed by atoms with Gasteiger partial charge in [0, 0.05) is 32.5 Å². The minimum atomic E-state index is -0.0868. The van der Waals surface area contributed by atoms with Crippen LogP contribution in [0.5, 0.6) is 0 Å². The number of hydrogen-bond acceptors (Lipinski definition) is 4. The maximum Gasteiger partial charge on any atom is 0.255 e. The normalized spacial score (nSPS) is 16.6. The van der Waals surface area contributed by atoms with Crippen LogP contribution in [0.15, 0.2) is 12.3 Å². The van der Waals surface area contributed by atoms with Crippen molar-refractivity contribution in [3.05, 3.63) is 22.8 Å². The lowest BCUT2D eigenvalue weighted by Crippen LogP contribution is -2.40. The molecule has 0 spiro atoms. The van der Waals surface area contributed by atoms with E-state index in [1.165, 1.54) is 6.20 Å². The maximum atomic E-state index is 12.3. The Morgan fingerprint density at radius 2 is 2.22 bits per heavy atom. The standard InChI is InChI=1S/C12H16ClN3O2/c1-16(9-2-4-18-5-3-9)12(17)8-6-10(13)11(14)15-7-8/h6-7,9H,2-5H2,1H3,(H2,14,15). The van der Waals surface area contributed by atoms with E-state index < -0.39 is 0 Å². The van der Waals surface area contributed by atoms with Crippen LogP contribution in [0, 0.1) is 0 Å². The van der Waals surface area contributed by atoms with E-state index in [0.717, 1.165) is 12.8 Å². The van der Waals surface area contributed by atoms with Crippen molar-refractivity contribution in [2.45, 2.75) is 18.9 Å². The Kier molecular flexibility index (Phi) is 4.04. The van der Waals surface area contributed by atoms with Crippen molar-refractivity contribution in [1.82, 2.24) is 9.88 Å². The molecular weight excluding hydrogens is 254 g/mol. The number of anilines is 1. The molecule has 2 heterocycles. The molecule has 0 unspecified atom stereocenters. The minimum Gasteiger partial charge on any atom is -0.382 e. The fourth-order valence-electron chi connectivity index (χ4n) is 2.01. The van der Waals surface area contributed by atoms with Gasteiger partial charge in [0.2, 0.25) is 0 Å². The lowest BCUT2D eigenvalue weighted by atomic mass is 10.1. The van der Waals surface area contributed by atoms with Crippen molar-refractivity contribution >= 4 is 23.3 Å². The number of rotatable bonds is 2. The van der Waals surface area contributed by atoms with Crippen LogP contribution < -0.4 is 5.73 Å². The average Bonchev–Trinajstić information content (AvgIpc) is 2.41. The number of carbonyl (C=O) groups excluding carboxylic acids is 1. The molecule has 1 aliphatic heterocycles. The van der Waals surface area contributed by atoms with E-state index in [-0.39, 0.29) is 17.8 Å². The third kappa shape index (κ3) is 2.73. The number of aromatic nitrogens is 1. The molecular formula is C12H16ClN3O2. The second-order valence-electron chi connectivity index (χ2n) is 4.35. The minimum absolute atomic E-state index is 0.0868. The van der Waals surface area contributed by atoms with Crippen LogP contribution in [0.25, 0.3) is 0 Å². The number of amides is 1. The first kappa shape index (κ1) is 13.1. The van der Waals surface area contributed by atoms with Gasteiger partial charge in [0.05, 0.1) is 10.6 Å². The number of carbonyl (C=O) groups is 1. The lowest BCUT2D eigenvalue weighted by molar-refractivity contribution is 0.0362. The highest BCUT2D eigenvalue weighted by Gasteiger charge is 2.23. The molecule has 0 saturated carbocycles. The lowest BCUT2D eigenvalue weighted by Gasteiger charge is -2.31. The van der Waals surface area contributed by atoms with Crippen LogP contribution in [-0.4, -0.2) is 42.1 Å². The predicted molar refractivity (Wildman–Crippen MR) is 69.6 cm³/mol. The van der Waals surface area contributed by atoms with Crippen LogP contribution in [0.1, 0.15) is 23.2 Å². The summed E-state index contributed by atoms with van der Waals surface area (Å²) in [5.74, 6) is 0.151. The summed E-state index contributed by atoms with van der Waals surface area (Å²) in [5, 5.41) is 0.307. The van der Waals surface area contributed by atoms with E-state index in [1.54, 1.807) is 18.0 Å². The second-order valence-corrected chi connectivity index (χ2v) is 4.76. The Bertz CT molecular complexity index is 447. The summed E-state index contributed by atoms with van der Waals surface area (Å²) in [6.07, 6.45) is 3.18. The molecule has 0 atom stereocenters. The van der Waals surface area contributed by atoms with Crippen LogP contribution in [0.3, 0.4) is 0 Å². The first-order chi connectivity index (χ1) is 8.59. The number of nitrogens with two attached hydrogens (primary N) is 1. The van der Waals surface area contributed by atoms with Gasteiger partial charge >= 0.3 is 0 Å². The van der Waals surface area contributed by atoms with Crippen molar-refractivity contribution in [3.63, 3.8) is 0 Å². The van der Waals surface area contributed by atoms with Gasteiger partial charge in [0.15, 0.2) is 0 Å². The van der Waals surface area contributed by atoms with Gasteiger partial charge in [0.1, 0.15) is 5.82 Å². The summed E-state index contributed by atoms with van der Waals surface area (Å²) >= 11 is 5.87. The molecule has 2 N–H and O–H groups in total. The Morgan fingerprint density at radius 3 is 2.83 bits per heavy atom. The molecule has 5 nitrogen and oxygen atoms in total. The molecule has 1 aromatic rings. The molecule has 0 bridgehead atoms. The summed E-state index contributed by atoms with van der Waals surface area (Å²) in [5.41, 5.74) is 5.98. The van der Waals surface area contributed by atoms with Gasteiger partial charge in [-0.15, -0.1) is 0 Å². The number of ether oxygens (including phenoxy) is 1. The van der Waals surface area contributed by atoms with Gasteiger partial charge < -0.3 is 15.4 Å². The van der Waals surface area contributed by atoms with Crippen molar-refractivity contribution in [3.8, 4) is 0 Å². The molecule has 98 valence electrons. The predicted octanol–water partition coefficient (Wildman–Crippen LogP) is 1.57. The Labute approximate surface area is 111 Å². The van der Waals surface area contributed by atoms with E-state index in [0.29, 0.717) is 23.8 Å². The molecule has 1 saturated heterocycles. The molecule has 1 aromatic heterocycles.